The van der Waals surface area contributed by atoms with Gasteiger partial charge >= 0.3 is 12.1 Å². The number of nitrogens with zero attached hydrogens (tertiary/aromatic N) is 1. The number of nitrogens with one attached hydrogen (secondary N) is 1. The lowest BCUT2D eigenvalue weighted by Crippen LogP contribution is -2.57. The molecule has 2 N–H and O–H groups in total. The highest BCUT2D eigenvalue weighted by Crippen LogP contribution is 2.44. The van der Waals surface area contributed by atoms with Crippen molar-refractivity contribution in [1.82, 2.24) is 5.32 Å². The first kappa shape index (κ1) is 22.8. The zero-order valence-electron chi connectivity index (χ0n) is 19.0. The lowest BCUT2D eigenvalue weighted by atomic mass is 9.78. The Balaban J connectivity index is 1.74. The van der Waals surface area contributed by atoms with Crippen LogP contribution in [0.3, 0.4) is 0 Å². The normalized spacial score (nSPS) is 16.0. The molecule has 1 amide bonds. The Morgan fingerprint density at radius 3 is 2.03 bits per heavy atom. The summed E-state index contributed by atoms with van der Waals surface area (Å²) in [4.78, 5) is 24.7. The van der Waals surface area contributed by atoms with E-state index in [0.717, 1.165) is 22.3 Å². The van der Waals surface area contributed by atoms with Gasteiger partial charge in [-0.3, -0.25) is 0 Å². The van der Waals surface area contributed by atoms with Crippen LogP contribution in [0.15, 0.2) is 48.5 Å². The largest absolute Gasteiger partial charge is 0.480 e. The van der Waals surface area contributed by atoms with Crippen molar-refractivity contribution in [2.24, 2.45) is 5.41 Å². The number of rotatable bonds is 8. The molecule has 6 heteroatoms. The summed E-state index contributed by atoms with van der Waals surface area (Å²) in [6.07, 6.45) is -0.0845. The number of hydrogen-bond donors (Lipinski definition) is 2. The minimum Gasteiger partial charge on any atom is -0.480 e. The second kappa shape index (κ2) is 8.71. The molecule has 0 spiro atoms. The Morgan fingerprint density at radius 1 is 1.06 bits per heavy atom. The zero-order valence-corrected chi connectivity index (χ0v) is 19.0. The number of alkyl carbamates (subject to hydrolysis) is 1. The lowest BCUT2D eigenvalue weighted by Gasteiger charge is -2.39. The highest BCUT2D eigenvalue weighted by molar-refractivity contribution is 5.81. The van der Waals surface area contributed by atoms with E-state index in [-0.39, 0.29) is 12.5 Å². The summed E-state index contributed by atoms with van der Waals surface area (Å²) < 4.78 is 6.17. The summed E-state index contributed by atoms with van der Waals surface area (Å²) in [6.45, 7) is 4.61. The van der Waals surface area contributed by atoms with Crippen molar-refractivity contribution in [2.45, 2.75) is 32.2 Å². The van der Waals surface area contributed by atoms with Gasteiger partial charge in [-0.25, -0.2) is 9.59 Å². The number of carboxylic acids is 1. The third kappa shape index (κ3) is 4.90. The van der Waals surface area contributed by atoms with Gasteiger partial charge in [-0.2, -0.15) is 0 Å². The van der Waals surface area contributed by atoms with Crippen molar-refractivity contribution >= 4 is 12.1 Å². The molecule has 0 aromatic heterocycles. The molecular weight excluding hydrogens is 392 g/mol. The van der Waals surface area contributed by atoms with E-state index in [1.807, 2.05) is 59.3 Å². The molecule has 0 aliphatic heterocycles. The Labute approximate surface area is 184 Å². The fraction of sp³-hybridized carbons (Fsp3) is 0.440. The maximum atomic E-state index is 12.7. The molecule has 0 unspecified atom stereocenters. The average Bonchev–Trinajstić information content (AvgIpc) is 3.03. The quantitative estimate of drug-likeness (QED) is 0.625. The van der Waals surface area contributed by atoms with Gasteiger partial charge in [0.05, 0.1) is 27.7 Å². The van der Waals surface area contributed by atoms with Crippen molar-refractivity contribution in [2.75, 3.05) is 34.3 Å². The molecule has 3 rings (SSSR count). The average molecular weight is 426 g/mol. The van der Waals surface area contributed by atoms with Crippen molar-refractivity contribution in [3.63, 3.8) is 0 Å². The Bertz CT molecular complexity index is 920. The Hall–Kier alpha value is -2.86. The van der Waals surface area contributed by atoms with E-state index in [1.54, 1.807) is 0 Å². The van der Waals surface area contributed by atoms with Crippen LogP contribution >= 0.6 is 0 Å². The van der Waals surface area contributed by atoms with Crippen LogP contribution in [0.5, 0.6) is 0 Å². The fourth-order valence-corrected chi connectivity index (χ4v) is 4.78. The van der Waals surface area contributed by atoms with Gasteiger partial charge in [0.1, 0.15) is 12.6 Å². The van der Waals surface area contributed by atoms with E-state index in [1.165, 1.54) is 0 Å². The fourth-order valence-electron chi connectivity index (χ4n) is 4.78. The van der Waals surface area contributed by atoms with Crippen molar-refractivity contribution < 1.29 is 23.9 Å². The molecule has 6 nitrogen and oxygen atoms in total. The standard InChI is InChI=1S/C25H32N2O4/c1-6-25(2,16-27(3,4)5)22(23(28)29)26-24(30)31-15-21-19-13-9-7-11-17(19)18-12-8-10-14-20(18)21/h7-14,21-22H,6,15-16H2,1-5H3,(H-,26,28,29,30)/p+1/t22-,25-/m0/s1. The molecule has 166 valence electrons. The summed E-state index contributed by atoms with van der Waals surface area (Å²) in [5, 5.41) is 12.5. The third-order valence-electron chi connectivity index (χ3n) is 6.19. The second-order valence-corrected chi connectivity index (χ2v) is 9.70. The molecule has 0 fully saturated rings. The van der Waals surface area contributed by atoms with Gasteiger partial charge in [0.25, 0.3) is 0 Å². The molecule has 1 aliphatic carbocycles. The van der Waals surface area contributed by atoms with E-state index >= 15 is 0 Å². The SMILES string of the molecule is CC[C@@](C)(C[N+](C)(C)C)[C@@H](NC(=O)OCC1c2ccccc2-c2ccccc21)C(=O)O. The first-order valence-electron chi connectivity index (χ1n) is 10.7. The van der Waals surface area contributed by atoms with Gasteiger partial charge in [0.2, 0.25) is 0 Å². The number of aliphatic carboxylic acids is 1. The molecule has 0 bridgehead atoms. The maximum absolute atomic E-state index is 12.7. The monoisotopic (exact) mass is 425 g/mol. The van der Waals surface area contributed by atoms with Crippen LogP contribution in [-0.4, -0.2) is 62.0 Å². The summed E-state index contributed by atoms with van der Waals surface area (Å²) >= 11 is 0. The molecule has 1 aliphatic rings. The van der Waals surface area contributed by atoms with Crippen LogP contribution in [0.4, 0.5) is 4.79 Å². The topological polar surface area (TPSA) is 75.6 Å². The maximum Gasteiger partial charge on any atom is 0.407 e. The van der Waals surface area contributed by atoms with E-state index in [0.29, 0.717) is 17.4 Å². The van der Waals surface area contributed by atoms with Gasteiger partial charge < -0.3 is 19.6 Å². The van der Waals surface area contributed by atoms with Crippen LogP contribution in [0.25, 0.3) is 11.1 Å². The number of carbonyl (C=O) groups is 2. The number of benzene rings is 2. The van der Waals surface area contributed by atoms with Gasteiger partial charge in [-0.1, -0.05) is 62.4 Å². The zero-order chi connectivity index (χ0) is 22.8. The van der Waals surface area contributed by atoms with E-state index in [4.69, 9.17) is 4.74 Å². The third-order valence-corrected chi connectivity index (χ3v) is 6.19. The minimum absolute atomic E-state index is 0.0646. The van der Waals surface area contributed by atoms with E-state index in [9.17, 15) is 14.7 Å². The first-order chi connectivity index (χ1) is 14.6. The highest BCUT2D eigenvalue weighted by Gasteiger charge is 2.43. The second-order valence-electron chi connectivity index (χ2n) is 9.70. The Kier molecular flexibility index (Phi) is 6.41. The summed E-state index contributed by atoms with van der Waals surface area (Å²) in [5.74, 6) is -1.11. The number of carbonyl (C=O) groups excluding carboxylic acids is 1. The van der Waals surface area contributed by atoms with E-state index in [2.05, 4.69) is 29.6 Å². The number of amides is 1. The molecule has 2 aromatic rings. The van der Waals surface area contributed by atoms with Crippen molar-refractivity contribution in [3.8, 4) is 11.1 Å². The predicted octanol–water partition coefficient (Wildman–Crippen LogP) is 4.10. The molecule has 2 aromatic carbocycles. The summed E-state index contributed by atoms with van der Waals surface area (Å²) in [5.41, 5.74) is 3.92. The Morgan fingerprint density at radius 2 is 1.58 bits per heavy atom. The number of fused-ring (bicyclic) bond motifs is 3. The molecule has 0 heterocycles. The van der Waals surface area contributed by atoms with Crippen molar-refractivity contribution in [3.05, 3.63) is 59.7 Å². The van der Waals surface area contributed by atoms with Crippen LogP contribution in [0.2, 0.25) is 0 Å². The molecule has 2 atom stereocenters. The summed E-state index contributed by atoms with van der Waals surface area (Å²) in [7, 11) is 6.04. The van der Waals surface area contributed by atoms with Gasteiger partial charge in [0, 0.05) is 11.3 Å². The molecule has 0 saturated carbocycles. The van der Waals surface area contributed by atoms with Gasteiger partial charge in [-0.15, -0.1) is 0 Å². The van der Waals surface area contributed by atoms with Crippen molar-refractivity contribution in [1.29, 1.82) is 0 Å². The molecule has 0 saturated heterocycles. The van der Waals surface area contributed by atoms with Gasteiger partial charge in [0.15, 0.2) is 0 Å². The number of ether oxygens (including phenoxy) is 1. The number of quaternary nitrogens is 1. The van der Waals surface area contributed by atoms with Crippen LogP contribution in [0.1, 0.15) is 37.3 Å². The lowest BCUT2D eigenvalue weighted by molar-refractivity contribution is -0.877. The summed E-state index contributed by atoms with van der Waals surface area (Å²) in [6, 6.07) is 15.2. The highest BCUT2D eigenvalue weighted by atomic mass is 16.5. The first-order valence-corrected chi connectivity index (χ1v) is 10.7. The molecule has 0 radical (unpaired) electrons. The van der Waals surface area contributed by atoms with Crippen LogP contribution in [-0.2, 0) is 9.53 Å². The van der Waals surface area contributed by atoms with Gasteiger partial charge in [-0.05, 0) is 28.7 Å². The molecule has 31 heavy (non-hydrogen) atoms. The minimum atomic E-state index is -1.05. The van der Waals surface area contributed by atoms with E-state index < -0.39 is 23.5 Å². The smallest absolute Gasteiger partial charge is 0.407 e. The van der Waals surface area contributed by atoms with Crippen LogP contribution in [0, 0.1) is 5.41 Å². The number of hydrogen-bond acceptors (Lipinski definition) is 3. The van der Waals surface area contributed by atoms with Crippen LogP contribution < -0.4 is 5.32 Å². The number of carboxylic acid groups (broad SMARTS) is 1. The molecular formula is C25H33N2O4+. The predicted molar refractivity (Wildman–Crippen MR) is 121 cm³/mol.